The molecule has 0 aliphatic carbocycles. The Hall–Kier alpha value is -2.67. The zero-order chi connectivity index (χ0) is 19.5. The van der Waals surface area contributed by atoms with Crippen LogP contribution >= 0.6 is 0 Å². The summed E-state index contributed by atoms with van der Waals surface area (Å²) >= 11 is 0. The van der Waals surface area contributed by atoms with E-state index in [1.807, 2.05) is 41.8 Å². The van der Waals surface area contributed by atoms with Gasteiger partial charge in [-0.1, -0.05) is 30.3 Å². The lowest BCUT2D eigenvalue weighted by atomic mass is 9.96. The fraction of sp³-hybridized carbons (Fsp3) is 0.476. The minimum Gasteiger partial charge on any atom is -0.466 e. The van der Waals surface area contributed by atoms with Gasteiger partial charge in [-0.3, -0.25) is 9.59 Å². The van der Waals surface area contributed by atoms with Crippen molar-refractivity contribution in [3.8, 4) is 0 Å². The fourth-order valence-corrected chi connectivity index (χ4v) is 3.90. The van der Waals surface area contributed by atoms with E-state index in [9.17, 15) is 9.59 Å². The summed E-state index contributed by atoms with van der Waals surface area (Å²) in [5.74, 6) is -0.359. The number of hydrogen-bond acceptors (Lipinski definition) is 5. The first-order chi connectivity index (χ1) is 13.7. The van der Waals surface area contributed by atoms with Gasteiger partial charge in [0.2, 0.25) is 0 Å². The van der Waals surface area contributed by atoms with E-state index in [-0.39, 0.29) is 23.9 Å². The smallest absolute Gasteiger partial charge is 0.309 e. The van der Waals surface area contributed by atoms with Crippen LogP contribution in [0.25, 0.3) is 0 Å². The van der Waals surface area contributed by atoms with Gasteiger partial charge in [-0.15, -0.1) is 0 Å². The van der Waals surface area contributed by atoms with Crippen molar-refractivity contribution in [2.24, 2.45) is 5.92 Å². The molecule has 2 aromatic rings. The second-order valence-corrected chi connectivity index (χ2v) is 7.22. The third-order valence-corrected chi connectivity index (χ3v) is 5.51. The van der Waals surface area contributed by atoms with E-state index in [1.165, 1.54) is 0 Å². The maximum Gasteiger partial charge on any atom is 0.309 e. The van der Waals surface area contributed by atoms with E-state index in [0.29, 0.717) is 51.4 Å². The highest BCUT2D eigenvalue weighted by Gasteiger charge is 2.32. The highest BCUT2D eigenvalue weighted by atomic mass is 16.5. The molecule has 7 nitrogen and oxygen atoms in total. The lowest BCUT2D eigenvalue weighted by Crippen LogP contribution is -2.41. The number of rotatable bonds is 4. The van der Waals surface area contributed by atoms with Gasteiger partial charge in [0.15, 0.2) is 5.69 Å². The first-order valence-electron chi connectivity index (χ1n) is 9.83. The summed E-state index contributed by atoms with van der Waals surface area (Å²) in [6.45, 7) is 4.29. The molecule has 2 aliphatic rings. The van der Waals surface area contributed by atoms with Crippen molar-refractivity contribution >= 4 is 11.9 Å². The van der Waals surface area contributed by atoms with Crippen molar-refractivity contribution in [2.45, 2.75) is 39.0 Å². The summed E-state index contributed by atoms with van der Waals surface area (Å²) in [6.07, 6.45) is 2.96. The van der Waals surface area contributed by atoms with Crippen LogP contribution in [0.5, 0.6) is 0 Å². The summed E-state index contributed by atoms with van der Waals surface area (Å²) in [5.41, 5.74) is 2.40. The number of piperidine rings is 1. The van der Waals surface area contributed by atoms with Crippen LogP contribution in [-0.2, 0) is 27.4 Å². The molecule has 1 unspecified atom stereocenters. The van der Waals surface area contributed by atoms with E-state index < -0.39 is 0 Å². The van der Waals surface area contributed by atoms with E-state index in [1.54, 1.807) is 11.2 Å². The number of fused-ring (bicyclic) bond motifs is 1. The molecule has 2 aliphatic heterocycles. The Bertz CT molecular complexity index is 841. The molecule has 0 radical (unpaired) electrons. The molecule has 1 aromatic heterocycles. The van der Waals surface area contributed by atoms with Crippen LogP contribution in [0.4, 0.5) is 0 Å². The fourth-order valence-electron chi connectivity index (χ4n) is 3.90. The lowest BCUT2D eigenvalue weighted by molar-refractivity contribution is -0.149. The van der Waals surface area contributed by atoms with Crippen LogP contribution < -0.4 is 0 Å². The van der Waals surface area contributed by atoms with Crippen LogP contribution in [-0.4, -0.2) is 46.0 Å². The summed E-state index contributed by atoms with van der Waals surface area (Å²) in [7, 11) is 0. The molecule has 1 aromatic carbocycles. The number of carbonyl (C=O) groups excluding carboxylic acids is 2. The third-order valence-electron chi connectivity index (χ3n) is 5.51. The number of ether oxygens (including phenoxy) is 2. The van der Waals surface area contributed by atoms with Gasteiger partial charge in [0, 0.05) is 13.1 Å². The molecule has 0 saturated carbocycles. The lowest BCUT2D eigenvalue weighted by Gasteiger charge is -2.31. The average molecular weight is 383 g/mol. The summed E-state index contributed by atoms with van der Waals surface area (Å²) in [5, 5.41) is 0. The maximum atomic E-state index is 13.0. The van der Waals surface area contributed by atoms with E-state index in [2.05, 4.69) is 4.98 Å². The Morgan fingerprint density at radius 1 is 1.21 bits per heavy atom. The Labute approximate surface area is 164 Å². The van der Waals surface area contributed by atoms with Crippen LogP contribution in [0.1, 0.15) is 47.6 Å². The number of hydrogen-bond donors (Lipinski definition) is 0. The van der Waals surface area contributed by atoms with E-state index >= 15 is 0 Å². The molecule has 28 heavy (non-hydrogen) atoms. The highest BCUT2D eigenvalue weighted by molar-refractivity contribution is 5.93. The van der Waals surface area contributed by atoms with Gasteiger partial charge >= 0.3 is 5.97 Å². The van der Waals surface area contributed by atoms with Gasteiger partial charge in [0.1, 0.15) is 6.10 Å². The van der Waals surface area contributed by atoms with Gasteiger partial charge < -0.3 is 18.9 Å². The summed E-state index contributed by atoms with van der Waals surface area (Å²) in [4.78, 5) is 31.0. The molecule has 7 heteroatoms. The molecule has 0 spiro atoms. The van der Waals surface area contributed by atoms with E-state index in [4.69, 9.17) is 9.47 Å². The Morgan fingerprint density at radius 2 is 1.96 bits per heavy atom. The molecule has 1 amide bonds. The number of amides is 1. The standard InChI is InChI=1S/C21H25N3O4/c1-2-27-21(26)16-8-10-23(11-9-16)20(25)19-17-13-28-18(12-24(17)14-22-19)15-6-4-3-5-7-15/h3-7,14,16,18H,2,8-13H2,1H3. The van der Waals surface area contributed by atoms with Crippen molar-refractivity contribution in [1.82, 2.24) is 14.5 Å². The first-order valence-corrected chi connectivity index (χ1v) is 9.83. The van der Waals surface area contributed by atoms with Crippen LogP contribution in [0, 0.1) is 5.92 Å². The number of benzene rings is 1. The predicted octanol–water partition coefficient (Wildman–Crippen LogP) is 2.57. The van der Waals surface area contributed by atoms with Gasteiger partial charge in [0.05, 0.1) is 37.7 Å². The molecular weight excluding hydrogens is 358 g/mol. The minimum atomic E-state index is -0.158. The van der Waals surface area contributed by atoms with E-state index in [0.717, 1.165) is 11.3 Å². The van der Waals surface area contributed by atoms with Crippen molar-refractivity contribution < 1.29 is 19.1 Å². The summed E-state index contributed by atoms with van der Waals surface area (Å²) in [6, 6.07) is 10.1. The Morgan fingerprint density at radius 3 is 2.68 bits per heavy atom. The zero-order valence-corrected chi connectivity index (χ0v) is 16.0. The number of nitrogens with zero attached hydrogens (tertiary/aromatic N) is 3. The topological polar surface area (TPSA) is 73.7 Å². The molecule has 148 valence electrons. The van der Waals surface area contributed by atoms with Gasteiger partial charge in [-0.25, -0.2) is 4.98 Å². The van der Waals surface area contributed by atoms with Gasteiger partial charge in [-0.05, 0) is 25.3 Å². The number of aromatic nitrogens is 2. The average Bonchev–Trinajstić information content (AvgIpc) is 3.17. The van der Waals surface area contributed by atoms with Crippen LogP contribution in [0.3, 0.4) is 0 Å². The molecule has 1 fully saturated rings. The second-order valence-electron chi connectivity index (χ2n) is 7.22. The quantitative estimate of drug-likeness (QED) is 0.759. The predicted molar refractivity (Wildman–Crippen MR) is 101 cm³/mol. The second kappa shape index (κ2) is 8.14. The number of esters is 1. The van der Waals surface area contributed by atoms with Crippen molar-refractivity contribution in [3.05, 3.63) is 53.6 Å². The molecule has 1 atom stereocenters. The molecular formula is C21H25N3O4. The van der Waals surface area contributed by atoms with Gasteiger partial charge in [-0.2, -0.15) is 0 Å². The van der Waals surface area contributed by atoms with Crippen molar-refractivity contribution in [1.29, 1.82) is 0 Å². The zero-order valence-electron chi connectivity index (χ0n) is 16.0. The monoisotopic (exact) mass is 383 g/mol. The normalized spacial score (nSPS) is 19.9. The van der Waals surface area contributed by atoms with Gasteiger partial charge in [0.25, 0.3) is 5.91 Å². The SMILES string of the molecule is CCOC(=O)C1CCN(C(=O)c2ncn3c2COC(c2ccccc2)C3)CC1. The highest BCUT2D eigenvalue weighted by Crippen LogP contribution is 2.28. The Balaban J connectivity index is 1.41. The Kier molecular flexibility index (Phi) is 5.43. The van der Waals surface area contributed by atoms with Crippen molar-refractivity contribution in [2.75, 3.05) is 19.7 Å². The number of imidazole rings is 1. The molecule has 3 heterocycles. The molecule has 4 rings (SSSR count). The van der Waals surface area contributed by atoms with Crippen LogP contribution in [0.15, 0.2) is 36.7 Å². The molecule has 1 saturated heterocycles. The van der Waals surface area contributed by atoms with Crippen molar-refractivity contribution in [3.63, 3.8) is 0 Å². The number of likely N-dealkylation sites (tertiary alicyclic amines) is 1. The third kappa shape index (κ3) is 3.67. The van der Waals surface area contributed by atoms with Crippen LogP contribution in [0.2, 0.25) is 0 Å². The number of carbonyl (C=O) groups is 2. The summed E-state index contributed by atoms with van der Waals surface area (Å²) < 4.78 is 13.1. The molecule has 0 N–H and O–H groups in total. The largest absolute Gasteiger partial charge is 0.466 e. The molecule has 0 bridgehead atoms. The maximum absolute atomic E-state index is 13.0. The first kappa shape index (κ1) is 18.7. The minimum absolute atomic E-state index is 0.0359.